The summed E-state index contributed by atoms with van der Waals surface area (Å²) >= 11 is 0. The summed E-state index contributed by atoms with van der Waals surface area (Å²) in [6.07, 6.45) is 9.72. The Hall–Kier alpha value is -1.56. The van der Waals surface area contributed by atoms with Crippen LogP contribution < -0.4 is 10.6 Å². The maximum absolute atomic E-state index is 11.6. The topological polar surface area (TPSA) is 66.0 Å². The molecule has 0 aromatic rings. The van der Waals surface area contributed by atoms with E-state index in [1.54, 1.807) is 20.2 Å². The Bertz CT molecular complexity index is 375. The van der Waals surface area contributed by atoms with E-state index in [0.29, 0.717) is 31.8 Å². The van der Waals surface area contributed by atoms with Crippen LogP contribution in [0.3, 0.4) is 0 Å². The molecular weight excluding hydrogens is 292 g/mol. The van der Waals surface area contributed by atoms with Gasteiger partial charge in [-0.1, -0.05) is 31.8 Å². The number of nitrogens with one attached hydrogen (secondary N) is 2. The van der Waals surface area contributed by atoms with Crippen LogP contribution in [0.1, 0.15) is 38.5 Å². The number of carbonyl (C=O) groups is 1. The second-order valence-corrected chi connectivity index (χ2v) is 6.03. The highest BCUT2D eigenvalue weighted by Crippen LogP contribution is 2.19. The number of likely N-dealkylation sites (N-methyl/N-ethyl adjacent to an activating group) is 1. The molecule has 0 aromatic heterocycles. The minimum atomic E-state index is -0.0283. The molecule has 132 valence electrons. The predicted octanol–water partition coefficient (Wildman–Crippen LogP) is 1.54. The van der Waals surface area contributed by atoms with E-state index in [2.05, 4.69) is 22.2 Å². The molecule has 0 unspecified atom stereocenters. The summed E-state index contributed by atoms with van der Waals surface area (Å²) < 4.78 is 5.94. The molecule has 1 rings (SSSR count). The van der Waals surface area contributed by atoms with Gasteiger partial charge in [0.2, 0.25) is 5.91 Å². The van der Waals surface area contributed by atoms with Crippen molar-refractivity contribution >= 4 is 11.9 Å². The summed E-state index contributed by atoms with van der Waals surface area (Å²) in [5.74, 6) is 0.587. The van der Waals surface area contributed by atoms with Crippen molar-refractivity contribution in [2.45, 2.75) is 44.6 Å². The van der Waals surface area contributed by atoms with Crippen LogP contribution in [-0.2, 0) is 9.53 Å². The third kappa shape index (κ3) is 9.23. The number of nitrogens with zero attached hydrogens (tertiary/aromatic N) is 2. The zero-order valence-electron chi connectivity index (χ0n) is 14.6. The van der Waals surface area contributed by atoms with Crippen molar-refractivity contribution in [3.8, 4) is 0 Å². The summed E-state index contributed by atoms with van der Waals surface area (Å²) in [7, 11) is 3.45. The van der Waals surface area contributed by atoms with Crippen molar-refractivity contribution in [3.05, 3.63) is 12.7 Å². The van der Waals surface area contributed by atoms with Crippen molar-refractivity contribution in [3.63, 3.8) is 0 Å². The molecule has 0 radical (unpaired) electrons. The molecule has 0 saturated heterocycles. The van der Waals surface area contributed by atoms with Gasteiger partial charge in [-0.2, -0.15) is 0 Å². The highest BCUT2D eigenvalue weighted by molar-refractivity contribution is 5.84. The van der Waals surface area contributed by atoms with E-state index in [-0.39, 0.29) is 12.5 Å². The van der Waals surface area contributed by atoms with Gasteiger partial charge in [0.05, 0.1) is 12.7 Å². The highest BCUT2D eigenvalue weighted by atomic mass is 16.5. The van der Waals surface area contributed by atoms with E-state index >= 15 is 0 Å². The van der Waals surface area contributed by atoms with Crippen LogP contribution in [0.5, 0.6) is 0 Å². The number of carbonyl (C=O) groups excluding carboxylic acids is 1. The first-order valence-corrected chi connectivity index (χ1v) is 8.58. The summed E-state index contributed by atoms with van der Waals surface area (Å²) in [6, 6.07) is 0. The van der Waals surface area contributed by atoms with Gasteiger partial charge in [-0.05, 0) is 12.8 Å². The SMILES string of the molecule is C=CCNC(=NCC(=O)N(C)C)NCCOC1CCCCCC1. The van der Waals surface area contributed by atoms with Crippen molar-refractivity contribution in [2.24, 2.45) is 4.99 Å². The van der Waals surface area contributed by atoms with Gasteiger partial charge in [0.15, 0.2) is 5.96 Å². The molecule has 0 heterocycles. The molecule has 2 N–H and O–H groups in total. The van der Waals surface area contributed by atoms with Gasteiger partial charge in [0.1, 0.15) is 6.54 Å². The van der Waals surface area contributed by atoms with Gasteiger partial charge in [0, 0.05) is 27.2 Å². The zero-order chi connectivity index (χ0) is 16.9. The molecular formula is C17H32N4O2. The smallest absolute Gasteiger partial charge is 0.243 e. The lowest BCUT2D eigenvalue weighted by Crippen LogP contribution is -2.40. The molecule has 1 fully saturated rings. The van der Waals surface area contributed by atoms with Crippen LogP contribution in [0.4, 0.5) is 0 Å². The molecule has 1 amide bonds. The second-order valence-electron chi connectivity index (χ2n) is 6.03. The molecule has 1 saturated carbocycles. The molecule has 6 nitrogen and oxygen atoms in total. The Morgan fingerprint density at radius 3 is 2.57 bits per heavy atom. The van der Waals surface area contributed by atoms with Crippen LogP contribution in [0.25, 0.3) is 0 Å². The maximum Gasteiger partial charge on any atom is 0.243 e. The quantitative estimate of drug-likeness (QED) is 0.234. The number of hydrogen-bond donors (Lipinski definition) is 2. The number of aliphatic imine (C=N–C) groups is 1. The highest BCUT2D eigenvalue weighted by Gasteiger charge is 2.12. The van der Waals surface area contributed by atoms with E-state index in [1.807, 2.05) is 0 Å². The monoisotopic (exact) mass is 324 g/mol. The average molecular weight is 324 g/mol. The minimum Gasteiger partial charge on any atom is -0.376 e. The standard InChI is InChI=1S/C17H32N4O2/c1-4-11-18-17(20-14-16(22)21(2)3)19-12-13-23-15-9-7-5-6-8-10-15/h4,15H,1,5-14H2,2-3H3,(H2,18,19,20). The lowest BCUT2D eigenvalue weighted by atomic mass is 10.1. The average Bonchev–Trinajstić information content (AvgIpc) is 2.81. The van der Waals surface area contributed by atoms with Gasteiger partial charge in [-0.15, -0.1) is 6.58 Å². The fourth-order valence-electron chi connectivity index (χ4n) is 2.43. The first kappa shape index (κ1) is 19.5. The van der Waals surface area contributed by atoms with Gasteiger partial charge in [-0.3, -0.25) is 4.79 Å². The molecule has 0 atom stereocenters. The van der Waals surface area contributed by atoms with Crippen molar-refractivity contribution < 1.29 is 9.53 Å². The molecule has 0 aromatic carbocycles. The van der Waals surface area contributed by atoms with Crippen molar-refractivity contribution in [1.29, 1.82) is 0 Å². The van der Waals surface area contributed by atoms with Crippen LogP contribution in [0.2, 0.25) is 0 Å². The molecule has 1 aliphatic carbocycles. The Balaban J connectivity index is 2.30. The van der Waals surface area contributed by atoms with Gasteiger partial charge in [-0.25, -0.2) is 4.99 Å². The Labute approximate surface area is 140 Å². The predicted molar refractivity (Wildman–Crippen MR) is 94.6 cm³/mol. The van der Waals surface area contributed by atoms with Gasteiger partial charge in [0.25, 0.3) is 0 Å². The van der Waals surface area contributed by atoms with Crippen LogP contribution in [0.15, 0.2) is 17.6 Å². The van der Waals surface area contributed by atoms with E-state index in [1.165, 1.54) is 43.4 Å². The van der Waals surface area contributed by atoms with Gasteiger partial charge >= 0.3 is 0 Å². The number of ether oxygens (including phenoxy) is 1. The Morgan fingerprint density at radius 1 is 1.26 bits per heavy atom. The second kappa shape index (κ2) is 11.9. The molecule has 0 bridgehead atoms. The zero-order valence-corrected chi connectivity index (χ0v) is 14.6. The molecule has 0 spiro atoms. The number of rotatable bonds is 8. The molecule has 0 aliphatic heterocycles. The van der Waals surface area contributed by atoms with Crippen LogP contribution >= 0.6 is 0 Å². The Morgan fingerprint density at radius 2 is 1.96 bits per heavy atom. The molecule has 1 aliphatic rings. The summed E-state index contributed by atoms with van der Waals surface area (Å²) in [5.41, 5.74) is 0. The third-order valence-corrected chi connectivity index (χ3v) is 3.84. The fourth-order valence-corrected chi connectivity index (χ4v) is 2.43. The molecule has 6 heteroatoms. The largest absolute Gasteiger partial charge is 0.376 e. The first-order chi connectivity index (χ1) is 11.1. The summed E-state index contributed by atoms with van der Waals surface area (Å²) in [6.45, 7) is 5.74. The summed E-state index contributed by atoms with van der Waals surface area (Å²) in [4.78, 5) is 17.4. The third-order valence-electron chi connectivity index (χ3n) is 3.84. The fraction of sp³-hybridized carbons (Fsp3) is 0.765. The maximum atomic E-state index is 11.6. The van der Waals surface area contributed by atoms with Gasteiger partial charge < -0.3 is 20.3 Å². The molecule has 23 heavy (non-hydrogen) atoms. The van der Waals surface area contributed by atoms with Crippen molar-refractivity contribution in [2.75, 3.05) is 40.3 Å². The lowest BCUT2D eigenvalue weighted by molar-refractivity contribution is -0.127. The van der Waals surface area contributed by atoms with E-state index in [9.17, 15) is 4.79 Å². The van der Waals surface area contributed by atoms with E-state index < -0.39 is 0 Å². The normalized spacial score (nSPS) is 16.5. The number of hydrogen-bond acceptors (Lipinski definition) is 3. The lowest BCUT2D eigenvalue weighted by Gasteiger charge is -2.17. The van der Waals surface area contributed by atoms with Crippen molar-refractivity contribution in [1.82, 2.24) is 15.5 Å². The van der Waals surface area contributed by atoms with E-state index in [0.717, 1.165) is 0 Å². The Kier molecular flexibility index (Phi) is 10.1. The summed E-state index contributed by atoms with van der Waals surface area (Å²) in [5, 5.41) is 6.31. The first-order valence-electron chi connectivity index (χ1n) is 8.58. The van der Waals surface area contributed by atoms with E-state index in [4.69, 9.17) is 4.74 Å². The minimum absolute atomic E-state index is 0.0283. The number of guanidine groups is 1. The van der Waals surface area contributed by atoms with Crippen LogP contribution in [0, 0.1) is 0 Å². The van der Waals surface area contributed by atoms with Crippen LogP contribution in [-0.4, -0.2) is 63.2 Å². The number of amides is 1.